The molecule has 0 spiro atoms. The maximum absolute atomic E-state index is 9.77. The lowest BCUT2D eigenvalue weighted by molar-refractivity contribution is 0.282. The molecule has 0 aliphatic rings. The van der Waals surface area contributed by atoms with Crippen LogP contribution in [-0.4, -0.2) is 30.8 Å². The Morgan fingerprint density at radius 2 is 1.00 bits per heavy atom. The van der Waals surface area contributed by atoms with Crippen LogP contribution in [0.2, 0.25) is 0 Å². The third kappa shape index (κ3) is 5.62. The highest BCUT2D eigenvalue weighted by Gasteiger charge is 2.24. The highest BCUT2D eigenvalue weighted by Crippen LogP contribution is 2.48. The fourth-order valence-electron chi connectivity index (χ4n) is 8.36. The second-order valence-corrected chi connectivity index (χ2v) is 14.2. The Hall–Kier alpha value is -7.22. The number of aliphatic hydroxyl groups is 1. The highest BCUT2D eigenvalue weighted by atomic mass is 16.5. The fourth-order valence-corrected chi connectivity index (χ4v) is 8.36. The second kappa shape index (κ2) is 13.8. The average Bonchev–Trinajstić information content (AvgIpc) is 3.79. The van der Waals surface area contributed by atoms with E-state index >= 15 is 0 Å². The van der Waals surface area contributed by atoms with E-state index in [9.17, 15) is 5.11 Å². The summed E-state index contributed by atoms with van der Waals surface area (Å²) < 4.78 is 19.0. The Morgan fingerprint density at radius 3 is 1.58 bits per heavy atom. The average molecular weight is 746 g/mol. The van der Waals surface area contributed by atoms with Gasteiger partial charge in [0.1, 0.15) is 17.2 Å². The monoisotopic (exact) mass is 745 g/mol. The Morgan fingerprint density at radius 1 is 0.456 bits per heavy atom. The minimum absolute atomic E-state index is 0.00385. The van der Waals surface area contributed by atoms with Crippen LogP contribution in [0.25, 0.3) is 48.9 Å². The van der Waals surface area contributed by atoms with Crippen LogP contribution in [0.4, 0.5) is 34.1 Å². The van der Waals surface area contributed by atoms with Crippen molar-refractivity contribution in [3.05, 3.63) is 169 Å². The van der Waals surface area contributed by atoms with Gasteiger partial charge >= 0.3 is 0 Å². The predicted octanol–water partition coefficient (Wildman–Crippen LogP) is 12.4. The number of aliphatic hydroxyl groups excluding tert-OH is 1. The zero-order valence-electron chi connectivity index (χ0n) is 31.8. The zero-order chi connectivity index (χ0) is 38.6. The van der Waals surface area contributed by atoms with Crippen LogP contribution < -0.4 is 24.0 Å². The van der Waals surface area contributed by atoms with E-state index in [-0.39, 0.29) is 6.61 Å². The van der Waals surface area contributed by atoms with Crippen molar-refractivity contribution in [2.45, 2.75) is 6.61 Å². The number of nitrogens with zero attached hydrogens (tertiary/aromatic N) is 3. The number of hydrogen-bond donors (Lipinski definition) is 1. The van der Waals surface area contributed by atoms with Gasteiger partial charge in [0.25, 0.3) is 0 Å². The molecule has 7 heteroatoms. The summed E-state index contributed by atoms with van der Waals surface area (Å²) in [5, 5.41) is 16.9. The molecular formula is C50H39N3O4. The summed E-state index contributed by atoms with van der Waals surface area (Å²) in [6, 6.07) is 57.2. The molecule has 278 valence electrons. The van der Waals surface area contributed by atoms with E-state index in [2.05, 4.69) is 129 Å². The molecule has 10 aromatic rings. The first kappa shape index (κ1) is 34.3. The van der Waals surface area contributed by atoms with Crippen molar-refractivity contribution in [1.82, 2.24) is 4.40 Å². The Balaban J connectivity index is 1.20. The van der Waals surface area contributed by atoms with Crippen molar-refractivity contribution >= 4 is 83.0 Å². The third-order valence-electron chi connectivity index (χ3n) is 11.1. The number of rotatable bonds is 10. The van der Waals surface area contributed by atoms with Crippen LogP contribution in [0.1, 0.15) is 5.56 Å². The first-order valence-electron chi connectivity index (χ1n) is 18.9. The largest absolute Gasteiger partial charge is 0.497 e. The molecule has 57 heavy (non-hydrogen) atoms. The van der Waals surface area contributed by atoms with Gasteiger partial charge in [0, 0.05) is 50.0 Å². The highest BCUT2D eigenvalue weighted by molar-refractivity contribution is 6.28. The van der Waals surface area contributed by atoms with E-state index in [0.29, 0.717) is 0 Å². The van der Waals surface area contributed by atoms with Crippen molar-refractivity contribution in [3.8, 4) is 17.2 Å². The third-order valence-corrected chi connectivity index (χ3v) is 11.1. The topological polar surface area (TPSA) is 58.8 Å². The lowest BCUT2D eigenvalue weighted by Crippen LogP contribution is -2.10. The molecule has 0 radical (unpaired) electrons. The van der Waals surface area contributed by atoms with Gasteiger partial charge in [-0.25, -0.2) is 0 Å². The summed E-state index contributed by atoms with van der Waals surface area (Å²) in [5.41, 5.74) is 10.5. The fraction of sp³-hybridized carbons (Fsp3) is 0.0800. The van der Waals surface area contributed by atoms with Gasteiger partial charge in [0.15, 0.2) is 0 Å². The van der Waals surface area contributed by atoms with Crippen LogP contribution in [0.5, 0.6) is 17.2 Å². The summed E-state index contributed by atoms with van der Waals surface area (Å²) in [6.45, 7) is -0.00385. The predicted molar refractivity (Wildman–Crippen MR) is 234 cm³/mol. The van der Waals surface area contributed by atoms with Crippen LogP contribution in [0.3, 0.4) is 0 Å². The standard InChI is InChI=1S/C50H39N3O4/c1-55-40-20-14-36(15-21-40)51(35-11-8-32(31-54)9-12-35)39-13-10-33-29-45-43-26-27-47(49-44-6-4-5-7-46(44)53(50(43)49)48(45)30-34(33)28-39)52(37-16-22-41(56-2)23-17-37)38-18-24-42(57-3)25-19-38/h4-30,54H,31H2,1-3H3. The van der Waals surface area contributed by atoms with Crippen molar-refractivity contribution < 1.29 is 19.3 Å². The van der Waals surface area contributed by atoms with Crippen LogP contribution >= 0.6 is 0 Å². The summed E-state index contributed by atoms with van der Waals surface area (Å²) >= 11 is 0. The van der Waals surface area contributed by atoms with Crippen LogP contribution in [0.15, 0.2) is 164 Å². The maximum Gasteiger partial charge on any atom is 0.119 e. The molecule has 0 unspecified atom stereocenters. The van der Waals surface area contributed by atoms with Crippen molar-refractivity contribution in [3.63, 3.8) is 0 Å². The normalized spacial score (nSPS) is 11.6. The van der Waals surface area contributed by atoms with Gasteiger partial charge in [-0.15, -0.1) is 0 Å². The second-order valence-electron chi connectivity index (χ2n) is 14.2. The zero-order valence-corrected chi connectivity index (χ0v) is 31.8. The molecule has 8 aromatic carbocycles. The molecule has 0 saturated heterocycles. The van der Waals surface area contributed by atoms with E-state index in [0.717, 1.165) is 78.7 Å². The Labute approximate surface area is 330 Å². The molecule has 2 heterocycles. The number of anilines is 6. The van der Waals surface area contributed by atoms with Crippen molar-refractivity contribution in [2.75, 3.05) is 31.1 Å². The summed E-state index contributed by atoms with van der Waals surface area (Å²) in [4.78, 5) is 4.56. The lowest BCUT2D eigenvalue weighted by atomic mass is 10.0. The number of aromatic nitrogens is 1. The molecule has 2 aromatic heterocycles. The SMILES string of the molecule is COc1ccc(N(c2ccc(CO)cc2)c2ccc3cc4c5ccc(N(c6ccc(OC)cc6)c6ccc(OC)cc6)c6c7ccccc7n(c4cc3c2)c56)cc1. The first-order chi connectivity index (χ1) is 28.1. The summed E-state index contributed by atoms with van der Waals surface area (Å²) in [7, 11) is 5.07. The lowest BCUT2D eigenvalue weighted by Gasteiger charge is -2.27. The summed E-state index contributed by atoms with van der Waals surface area (Å²) in [5.74, 6) is 2.41. The van der Waals surface area contributed by atoms with E-state index in [4.69, 9.17) is 14.2 Å². The number of ether oxygens (including phenoxy) is 3. The van der Waals surface area contributed by atoms with Crippen molar-refractivity contribution in [1.29, 1.82) is 0 Å². The number of hydrogen-bond acceptors (Lipinski definition) is 6. The van der Waals surface area contributed by atoms with Gasteiger partial charge in [0.05, 0.1) is 50.2 Å². The van der Waals surface area contributed by atoms with E-state index in [1.54, 1.807) is 21.3 Å². The minimum Gasteiger partial charge on any atom is -0.497 e. The van der Waals surface area contributed by atoms with E-state index in [1.165, 1.54) is 27.1 Å². The summed E-state index contributed by atoms with van der Waals surface area (Å²) in [6.07, 6.45) is 0. The number of para-hydroxylation sites is 1. The molecule has 0 amide bonds. The van der Waals surface area contributed by atoms with Gasteiger partial charge in [0.2, 0.25) is 0 Å². The molecule has 1 N–H and O–H groups in total. The smallest absolute Gasteiger partial charge is 0.119 e. The van der Waals surface area contributed by atoms with Crippen molar-refractivity contribution in [2.24, 2.45) is 0 Å². The number of benzene rings is 8. The number of fused-ring (bicyclic) bond motifs is 7. The molecule has 0 fully saturated rings. The van der Waals surface area contributed by atoms with E-state index in [1.807, 2.05) is 48.5 Å². The number of methoxy groups -OCH3 is 3. The van der Waals surface area contributed by atoms with Gasteiger partial charge in [-0.2, -0.15) is 0 Å². The Bertz CT molecular complexity index is 2950. The molecule has 0 atom stereocenters. The maximum atomic E-state index is 9.77. The molecular weight excluding hydrogens is 707 g/mol. The first-order valence-corrected chi connectivity index (χ1v) is 18.9. The van der Waals surface area contributed by atoms with Crippen LogP contribution in [0, 0.1) is 0 Å². The molecule has 0 saturated carbocycles. The molecule has 10 rings (SSSR count). The molecule has 0 bridgehead atoms. The van der Waals surface area contributed by atoms with Gasteiger partial charge in [-0.3, -0.25) is 0 Å². The van der Waals surface area contributed by atoms with Gasteiger partial charge in [-0.1, -0.05) is 42.5 Å². The van der Waals surface area contributed by atoms with E-state index < -0.39 is 0 Å². The molecule has 0 aliphatic carbocycles. The Kier molecular flexibility index (Phi) is 8.31. The van der Waals surface area contributed by atoms with Crippen LogP contribution in [-0.2, 0) is 6.61 Å². The van der Waals surface area contributed by atoms with Gasteiger partial charge in [-0.05, 0) is 138 Å². The quantitative estimate of drug-likeness (QED) is 0.150. The van der Waals surface area contributed by atoms with Gasteiger partial charge < -0.3 is 33.5 Å². The molecule has 0 aliphatic heterocycles. The molecule has 7 nitrogen and oxygen atoms in total. The minimum atomic E-state index is -0.00385.